The number of fused-ring (bicyclic) bond motifs is 1. The number of carbonyl (C=O) groups is 3. The lowest BCUT2D eigenvalue weighted by Gasteiger charge is -2.29. The zero-order valence-corrected chi connectivity index (χ0v) is 17.9. The van der Waals surface area contributed by atoms with Gasteiger partial charge in [0.05, 0.1) is 23.1 Å². The number of hydrogen-bond acceptors (Lipinski definition) is 4. The van der Waals surface area contributed by atoms with E-state index in [0.717, 1.165) is 0 Å². The van der Waals surface area contributed by atoms with Crippen molar-refractivity contribution in [3.05, 3.63) is 60.2 Å². The van der Waals surface area contributed by atoms with Gasteiger partial charge in [0.1, 0.15) is 5.75 Å². The molecule has 0 bridgehead atoms. The molecule has 0 spiro atoms. The highest BCUT2D eigenvalue weighted by Crippen LogP contribution is 2.44. The number of alkyl halides is 2. The highest BCUT2D eigenvalue weighted by atomic mass is 79.9. The molecule has 7 heteroatoms. The van der Waals surface area contributed by atoms with Gasteiger partial charge in [0.25, 0.3) is 0 Å². The van der Waals surface area contributed by atoms with Crippen LogP contribution in [0.1, 0.15) is 23.2 Å². The molecule has 2 aliphatic rings. The Bertz CT molecular complexity index is 888. The molecule has 4 rings (SSSR count). The van der Waals surface area contributed by atoms with Crippen LogP contribution in [0.3, 0.4) is 0 Å². The van der Waals surface area contributed by atoms with Gasteiger partial charge in [-0.2, -0.15) is 0 Å². The zero-order valence-electron chi connectivity index (χ0n) is 14.8. The van der Waals surface area contributed by atoms with Crippen LogP contribution in [-0.2, 0) is 9.59 Å². The van der Waals surface area contributed by atoms with Gasteiger partial charge in [-0.1, -0.05) is 50.1 Å². The molecule has 2 aromatic rings. The second-order valence-corrected chi connectivity index (χ2v) is 9.33. The van der Waals surface area contributed by atoms with E-state index in [0.29, 0.717) is 29.8 Å². The maximum Gasteiger partial charge on any atom is 0.343 e. The summed E-state index contributed by atoms with van der Waals surface area (Å²) in [5.41, 5.74) is 0.954. The molecular formula is C21H17Br2NO4. The number of rotatable bonds is 3. The summed E-state index contributed by atoms with van der Waals surface area (Å²) in [4.78, 5) is 39.4. The molecule has 28 heavy (non-hydrogen) atoms. The quantitative estimate of drug-likeness (QED) is 0.269. The Balaban J connectivity index is 1.50. The number of hydrogen-bond donors (Lipinski definition) is 0. The smallest absolute Gasteiger partial charge is 0.343 e. The van der Waals surface area contributed by atoms with Gasteiger partial charge in [0.15, 0.2) is 0 Å². The minimum absolute atomic E-state index is 0.159. The van der Waals surface area contributed by atoms with Crippen molar-refractivity contribution in [2.24, 2.45) is 11.8 Å². The lowest BCUT2D eigenvalue weighted by atomic mass is 9.81. The third-order valence-electron chi connectivity index (χ3n) is 5.23. The number of anilines is 1. The van der Waals surface area contributed by atoms with E-state index in [9.17, 15) is 14.4 Å². The van der Waals surface area contributed by atoms with Crippen LogP contribution in [0, 0.1) is 11.8 Å². The van der Waals surface area contributed by atoms with Gasteiger partial charge in [-0.15, -0.1) is 0 Å². The number of imide groups is 1. The van der Waals surface area contributed by atoms with E-state index < -0.39 is 5.97 Å². The molecule has 0 N–H and O–H groups in total. The zero-order chi connectivity index (χ0) is 19.8. The summed E-state index contributed by atoms with van der Waals surface area (Å²) in [6.45, 7) is 0. The monoisotopic (exact) mass is 505 g/mol. The fraction of sp³-hybridized carbons (Fsp3) is 0.286. The van der Waals surface area contributed by atoms with E-state index in [1.165, 1.54) is 4.90 Å². The SMILES string of the molecule is O=C(Oc1ccc(N2C(=O)[C@H]3C[C@@H](Br)[C@@H](Br)C[C@H]3C2=O)cc1)c1ccccc1. The van der Waals surface area contributed by atoms with Gasteiger partial charge in [-0.25, -0.2) is 4.79 Å². The topological polar surface area (TPSA) is 63.7 Å². The first-order valence-electron chi connectivity index (χ1n) is 8.99. The summed E-state index contributed by atoms with van der Waals surface area (Å²) in [6.07, 6.45) is 1.27. The Labute approximate surface area is 179 Å². The van der Waals surface area contributed by atoms with Gasteiger partial charge < -0.3 is 4.74 Å². The molecular weight excluding hydrogens is 490 g/mol. The Morgan fingerprint density at radius 1 is 0.857 bits per heavy atom. The largest absolute Gasteiger partial charge is 0.423 e. The van der Waals surface area contributed by atoms with Crippen LogP contribution in [0.4, 0.5) is 5.69 Å². The van der Waals surface area contributed by atoms with Gasteiger partial charge in [-0.05, 0) is 49.2 Å². The second-order valence-electron chi connectivity index (χ2n) is 6.98. The molecule has 5 nitrogen and oxygen atoms in total. The van der Waals surface area contributed by atoms with Crippen LogP contribution in [0.15, 0.2) is 54.6 Å². The predicted octanol–water partition coefficient (Wildman–Crippen LogP) is 4.33. The first-order valence-corrected chi connectivity index (χ1v) is 10.8. The second kappa shape index (κ2) is 7.79. The molecule has 2 amide bonds. The first-order chi connectivity index (χ1) is 13.5. The van der Waals surface area contributed by atoms with Crippen molar-refractivity contribution in [2.75, 3.05) is 4.90 Å². The number of esters is 1. The van der Waals surface area contributed by atoms with Gasteiger partial charge in [-0.3, -0.25) is 14.5 Å². The maximum atomic E-state index is 12.8. The van der Waals surface area contributed by atoms with E-state index in [4.69, 9.17) is 4.74 Å². The van der Waals surface area contributed by atoms with E-state index >= 15 is 0 Å². The third-order valence-corrected chi connectivity index (χ3v) is 7.96. The molecule has 0 radical (unpaired) electrons. The number of carbonyl (C=O) groups excluding carboxylic acids is 3. The summed E-state index contributed by atoms with van der Waals surface area (Å²) in [5, 5.41) is 0. The molecule has 1 saturated carbocycles. The molecule has 4 atom stereocenters. The van der Waals surface area contributed by atoms with Crippen LogP contribution in [-0.4, -0.2) is 27.4 Å². The molecule has 0 aromatic heterocycles. The van der Waals surface area contributed by atoms with Gasteiger partial charge >= 0.3 is 5.97 Å². The van der Waals surface area contributed by atoms with Gasteiger partial charge in [0, 0.05) is 9.65 Å². The summed E-state index contributed by atoms with van der Waals surface area (Å²) in [7, 11) is 0. The number of ether oxygens (including phenoxy) is 1. The fourth-order valence-electron chi connectivity index (χ4n) is 3.75. The summed E-state index contributed by atoms with van der Waals surface area (Å²) >= 11 is 7.18. The number of halogens is 2. The summed E-state index contributed by atoms with van der Waals surface area (Å²) < 4.78 is 5.35. The molecule has 1 heterocycles. The van der Waals surface area contributed by atoms with Crippen LogP contribution in [0.2, 0.25) is 0 Å². The van der Waals surface area contributed by atoms with Crippen molar-refractivity contribution in [1.82, 2.24) is 0 Å². The normalized spacial score (nSPS) is 26.9. The Kier molecular flexibility index (Phi) is 5.38. The molecule has 1 saturated heterocycles. The lowest BCUT2D eigenvalue weighted by molar-refractivity contribution is -0.122. The van der Waals surface area contributed by atoms with Crippen molar-refractivity contribution >= 4 is 55.3 Å². The average Bonchev–Trinajstić information content (AvgIpc) is 2.94. The Morgan fingerprint density at radius 2 is 1.39 bits per heavy atom. The predicted molar refractivity (Wildman–Crippen MR) is 112 cm³/mol. The van der Waals surface area contributed by atoms with Crippen molar-refractivity contribution in [3.8, 4) is 5.75 Å². The van der Waals surface area contributed by atoms with E-state index in [2.05, 4.69) is 31.9 Å². The maximum absolute atomic E-state index is 12.8. The van der Waals surface area contributed by atoms with Crippen LogP contribution >= 0.6 is 31.9 Å². The Morgan fingerprint density at radius 3 is 1.93 bits per heavy atom. The highest BCUT2D eigenvalue weighted by molar-refractivity contribution is 9.12. The number of nitrogens with zero attached hydrogens (tertiary/aromatic N) is 1. The number of benzene rings is 2. The molecule has 2 fully saturated rings. The van der Waals surface area contributed by atoms with E-state index in [-0.39, 0.29) is 33.3 Å². The minimum atomic E-state index is -0.459. The highest BCUT2D eigenvalue weighted by Gasteiger charge is 2.52. The molecule has 1 aliphatic heterocycles. The van der Waals surface area contributed by atoms with E-state index in [1.807, 2.05) is 6.07 Å². The van der Waals surface area contributed by atoms with Crippen molar-refractivity contribution in [3.63, 3.8) is 0 Å². The van der Waals surface area contributed by atoms with Crippen LogP contribution in [0.25, 0.3) is 0 Å². The van der Waals surface area contributed by atoms with E-state index in [1.54, 1.807) is 48.5 Å². The Hall–Kier alpha value is -1.99. The van der Waals surface area contributed by atoms with Crippen molar-refractivity contribution in [2.45, 2.75) is 22.5 Å². The molecule has 1 aliphatic carbocycles. The summed E-state index contributed by atoms with van der Waals surface area (Å²) in [5.74, 6) is -1.00. The minimum Gasteiger partial charge on any atom is -0.423 e. The standard InChI is InChI=1S/C21H17Br2NO4/c22-17-10-15-16(11-18(17)23)20(26)24(19(15)25)13-6-8-14(9-7-13)28-21(27)12-4-2-1-3-5-12/h1-9,15-18H,10-11H2/t15-,16+,17+,18-. The lowest BCUT2D eigenvalue weighted by Crippen LogP contribution is -2.34. The fourth-order valence-corrected chi connectivity index (χ4v) is 4.99. The third kappa shape index (κ3) is 3.53. The average molecular weight is 507 g/mol. The van der Waals surface area contributed by atoms with Crippen LogP contribution in [0.5, 0.6) is 5.75 Å². The van der Waals surface area contributed by atoms with Gasteiger partial charge in [0.2, 0.25) is 11.8 Å². The first kappa shape index (κ1) is 19.3. The number of amides is 2. The molecule has 144 valence electrons. The van der Waals surface area contributed by atoms with Crippen LogP contribution < -0.4 is 9.64 Å². The summed E-state index contributed by atoms with van der Waals surface area (Å²) in [6, 6.07) is 15.2. The van der Waals surface area contributed by atoms with Crippen molar-refractivity contribution < 1.29 is 19.1 Å². The molecule has 2 aromatic carbocycles. The van der Waals surface area contributed by atoms with Crippen molar-refractivity contribution in [1.29, 1.82) is 0 Å². The molecule has 0 unspecified atom stereocenters.